The van der Waals surface area contributed by atoms with Crippen LogP contribution in [0.25, 0.3) is 0 Å². The lowest BCUT2D eigenvalue weighted by atomic mass is 9.88. The zero-order chi connectivity index (χ0) is 22.3. The minimum Gasteiger partial charge on any atom is -0.344 e. The van der Waals surface area contributed by atoms with Crippen molar-refractivity contribution in [2.75, 3.05) is 6.54 Å². The van der Waals surface area contributed by atoms with E-state index in [4.69, 9.17) is 0 Å². The third-order valence-electron chi connectivity index (χ3n) is 6.12. The molecule has 0 spiro atoms. The van der Waals surface area contributed by atoms with Gasteiger partial charge in [-0.3, -0.25) is 9.59 Å². The summed E-state index contributed by atoms with van der Waals surface area (Å²) in [6, 6.07) is 21.9. The monoisotopic (exact) mass is 446 g/mol. The van der Waals surface area contributed by atoms with Crippen LogP contribution in [-0.2, 0) is 22.6 Å². The zero-order valence-electron chi connectivity index (χ0n) is 18.5. The van der Waals surface area contributed by atoms with E-state index in [1.807, 2.05) is 41.3 Å². The Morgan fingerprint density at radius 2 is 1.66 bits per heavy atom. The van der Waals surface area contributed by atoms with E-state index in [9.17, 15) is 9.59 Å². The third kappa shape index (κ3) is 5.28. The molecule has 0 radical (unpaired) electrons. The lowest BCUT2D eigenvalue weighted by Gasteiger charge is -2.31. The highest BCUT2D eigenvalue weighted by Gasteiger charge is 2.29. The summed E-state index contributed by atoms with van der Waals surface area (Å²) in [5.74, 6) is -0.0890. The zero-order valence-corrected chi connectivity index (χ0v) is 19.3. The highest BCUT2D eigenvalue weighted by molar-refractivity contribution is 7.10. The largest absolute Gasteiger partial charge is 0.344 e. The number of hydrogen-bond donors (Lipinski definition) is 1. The van der Waals surface area contributed by atoms with Crippen molar-refractivity contribution in [3.63, 3.8) is 0 Å². The number of hydrogen-bond acceptors (Lipinski definition) is 3. The predicted molar refractivity (Wildman–Crippen MR) is 130 cm³/mol. The van der Waals surface area contributed by atoms with Crippen LogP contribution in [-0.4, -0.2) is 29.3 Å². The number of carbonyl (C=O) groups is 2. The van der Waals surface area contributed by atoms with Crippen LogP contribution in [0.15, 0.2) is 72.1 Å². The molecule has 1 unspecified atom stereocenters. The van der Waals surface area contributed by atoms with Crippen LogP contribution >= 0.6 is 11.3 Å². The maximum absolute atomic E-state index is 13.3. The van der Waals surface area contributed by atoms with Crippen molar-refractivity contribution in [3.05, 3.63) is 93.7 Å². The SMILES string of the molecule is CCCC(NC(=O)CC(c1ccccc1)c1ccccc1)C(=O)N1CCc2sccc2C1. The molecule has 3 aromatic rings. The van der Waals surface area contributed by atoms with E-state index < -0.39 is 6.04 Å². The van der Waals surface area contributed by atoms with Crippen molar-refractivity contribution >= 4 is 23.2 Å². The van der Waals surface area contributed by atoms with E-state index in [0.29, 0.717) is 19.4 Å². The molecule has 0 aliphatic carbocycles. The number of benzene rings is 2. The summed E-state index contributed by atoms with van der Waals surface area (Å²) < 4.78 is 0. The molecule has 0 saturated heterocycles. The van der Waals surface area contributed by atoms with E-state index in [2.05, 4.69) is 48.0 Å². The molecule has 1 N–H and O–H groups in total. The molecule has 1 aliphatic rings. The van der Waals surface area contributed by atoms with Gasteiger partial charge in [-0.1, -0.05) is 74.0 Å². The molecule has 2 heterocycles. The Bertz CT molecular complexity index is 993. The first-order valence-corrected chi connectivity index (χ1v) is 12.3. The van der Waals surface area contributed by atoms with Crippen LogP contribution in [0.3, 0.4) is 0 Å². The minimum absolute atomic E-state index is 0.0352. The molecule has 0 bridgehead atoms. The van der Waals surface area contributed by atoms with Gasteiger partial charge < -0.3 is 10.2 Å². The van der Waals surface area contributed by atoms with Gasteiger partial charge in [-0.2, -0.15) is 0 Å². The quantitative estimate of drug-likeness (QED) is 0.521. The molecule has 1 atom stereocenters. The van der Waals surface area contributed by atoms with Crippen LogP contribution in [0.5, 0.6) is 0 Å². The number of thiophene rings is 1. The van der Waals surface area contributed by atoms with Gasteiger partial charge in [0.05, 0.1) is 0 Å². The molecule has 166 valence electrons. The number of carbonyl (C=O) groups excluding carboxylic acids is 2. The Balaban J connectivity index is 1.46. The summed E-state index contributed by atoms with van der Waals surface area (Å²) in [6.07, 6.45) is 2.71. The summed E-state index contributed by atoms with van der Waals surface area (Å²) in [5.41, 5.74) is 3.45. The standard InChI is InChI=1S/C27H30N2O2S/c1-2-9-24(27(31)29-16-14-25-22(19-29)15-17-32-25)28-26(30)18-23(20-10-5-3-6-11-20)21-12-7-4-8-13-21/h3-8,10-13,15,17,23-24H,2,9,14,16,18-19H2,1H3,(H,28,30). The second-order valence-electron chi connectivity index (χ2n) is 8.37. The van der Waals surface area contributed by atoms with Crippen LogP contribution in [0, 0.1) is 0 Å². The van der Waals surface area contributed by atoms with Crippen molar-refractivity contribution in [2.45, 2.75) is 51.1 Å². The maximum Gasteiger partial charge on any atom is 0.245 e. The smallest absolute Gasteiger partial charge is 0.245 e. The molecule has 0 saturated carbocycles. The molecular formula is C27H30N2O2S. The Morgan fingerprint density at radius 1 is 1.00 bits per heavy atom. The summed E-state index contributed by atoms with van der Waals surface area (Å²) >= 11 is 1.76. The number of fused-ring (bicyclic) bond motifs is 1. The summed E-state index contributed by atoms with van der Waals surface area (Å²) in [5, 5.41) is 5.17. The van der Waals surface area contributed by atoms with Crippen LogP contribution in [0.4, 0.5) is 0 Å². The van der Waals surface area contributed by atoms with Gasteiger partial charge in [0.25, 0.3) is 0 Å². The lowest BCUT2D eigenvalue weighted by molar-refractivity contribution is -0.137. The second kappa shape index (κ2) is 10.6. The summed E-state index contributed by atoms with van der Waals surface area (Å²) in [6.45, 7) is 3.42. The lowest BCUT2D eigenvalue weighted by Crippen LogP contribution is -2.49. The van der Waals surface area contributed by atoms with Crippen LogP contribution in [0.1, 0.15) is 53.7 Å². The van der Waals surface area contributed by atoms with E-state index in [1.54, 1.807) is 11.3 Å². The van der Waals surface area contributed by atoms with E-state index in [-0.39, 0.29) is 17.7 Å². The van der Waals surface area contributed by atoms with Gasteiger partial charge >= 0.3 is 0 Å². The topological polar surface area (TPSA) is 49.4 Å². The summed E-state index contributed by atoms with van der Waals surface area (Å²) in [4.78, 5) is 29.7. The van der Waals surface area contributed by atoms with Gasteiger partial charge in [0, 0.05) is 30.3 Å². The molecule has 2 aromatic carbocycles. The average Bonchev–Trinajstić information content (AvgIpc) is 3.31. The number of nitrogens with zero attached hydrogens (tertiary/aromatic N) is 1. The Morgan fingerprint density at radius 3 is 2.28 bits per heavy atom. The second-order valence-corrected chi connectivity index (χ2v) is 9.37. The highest BCUT2D eigenvalue weighted by Crippen LogP contribution is 2.28. The van der Waals surface area contributed by atoms with E-state index in [0.717, 1.165) is 30.5 Å². The van der Waals surface area contributed by atoms with E-state index >= 15 is 0 Å². The molecule has 1 aliphatic heterocycles. The fourth-order valence-electron chi connectivity index (χ4n) is 4.44. The maximum atomic E-state index is 13.3. The Kier molecular flexibility index (Phi) is 7.38. The van der Waals surface area contributed by atoms with Crippen molar-refractivity contribution in [2.24, 2.45) is 0 Å². The number of amides is 2. The molecule has 2 amide bonds. The number of rotatable bonds is 8. The summed E-state index contributed by atoms with van der Waals surface area (Å²) in [7, 11) is 0. The predicted octanol–water partition coefficient (Wildman–Crippen LogP) is 5.14. The van der Waals surface area contributed by atoms with Crippen LogP contribution in [0.2, 0.25) is 0 Å². The highest BCUT2D eigenvalue weighted by atomic mass is 32.1. The van der Waals surface area contributed by atoms with Crippen molar-refractivity contribution in [1.29, 1.82) is 0 Å². The van der Waals surface area contributed by atoms with Crippen molar-refractivity contribution < 1.29 is 9.59 Å². The normalized spacial score (nSPS) is 14.1. The van der Waals surface area contributed by atoms with Crippen LogP contribution < -0.4 is 5.32 Å². The van der Waals surface area contributed by atoms with Gasteiger partial charge in [-0.05, 0) is 41.0 Å². The molecule has 32 heavy (non-hydrogen) atoms. The van der Waals surface area contributed by atoms with Gasteiger partial charge in [-0.15, -0.1) is 11.3 Å². The molecule has 4 nitrogen and oxygen atoms in total. The molecule has 5 heteroatoms. The van der Waals surface area contributed by atoms with Gasteiger partial charge in [0.2, 0.25) is 11.8 Å². The Labute approximate surface area is 194 Å². The van der Waals surface area contributed by atoms with Gasteiger partial charge in [0.15, 0.2) is 0 Å². The fraction of sp³-hybridized carbons (Fsp3) is 0.333. The third-order valence-corrected chi connectivity index (χ3v) is 7.15. The first-order valence-electron chi connectivity index (χ1n) is 11.4. The minimum atomic E-state index is -0.472. The fourth-order valence-corrected chi connectivity index (χ4v) is 5.33. The molecular weight excluding hydrogens is 416 g/mol. The first-order chi connectivity index (χ1) is 15.7. The first kappa shape index (κ1) is 22.3. The molecule has 1 aromatic heterocycles. The molecule has 4 rings (SSSR count). The Hall–Kier alpha value is -2.92. The van der Waals surface area contributed by atoms with E-state index in [1.165, 1.54) is 10.4 Å². The van der Waals surface area contributed by atoms with Crippen molar-refractivity contribution in [1.82, 2.24) is 10.2 Å². The average molecular weight is 447 g/mol. The van der Waals surface area contributed by atoms with Gasteiger partial charge in [-0.25, -0.2) is 0 Å². The molecule has 0 fully saturated rings. The van der Waals surface area contributed by atoms with Gasteiger partial charge in [0.1, 0.15) is 6.04 Å². The van der Waals surface area contributed by atoms with Crippen molar-refractivity contribution in [3.8, 4) is 0 Å². The number of nitrogens with one attached hydrogen (secondary N) is 1.